The van der Waals surface area contributed by atoms with E-state index in [2.05, 4.69) is 0 Å². The monoisotopic (exact) mass is 389 g/mol. The Bertz CT molecular complexity index is 773. The summed E-state index contributed by atoms with van der Waals surface area (Å²) in [6.07, 6.45) is 0. The molecule has 0 aliphatic carbocycles. The first kappa shape index (κ1) is 19.9. The predicted molar refractivity (Wildman–Crippen MR) is 96.0 cm³/mol. The van der Waals surface area contributed by atoms with Crippen molar-refractivity contribution in [3.63, 3.8) is 0 Å². The molecule has 0 saturated carbocycles. The van der Waals surface area contributed by atoms with E-state index >= 15 is 0 Å². The highest BCUT2D eigenvalue weighted by atomic mass is 16.6. The van der Waals surface area contributed by atoms with E-state index in [9.17, 15) is 19.2 Å². The summed E-state index contributed by atoms with van der Waals surface area (Å²) in [5, 5.41) is 0. The minimum absolute atomic E-state index is 0.0137. The van der Waals surface area contributed by atoms with Gasteiger partial charge in [0.25, 0.3) is 5.91 Å². The van der Waals surface area contributed by atoms with Crippen LogP contribution in [-0.4, -0.2) is 60.1 Å². The molecule has 0 bridgehead atoms. The van der Waals surface area contributed by atoms with E-state index in [1.54, 1.807) is 51.1 Å². The Morgan fingerprint density at radius 1 is 1.11 bits per heavy atom. The molecule has 0 radical (unpaired) electrons. The number of carbonyl (C=O) groups is 4. The molecule has 0 unspecified atom stereocenters. The van der Waals surface area contributed by atoms with Crippen LogP contribution in [-0.2, 0) is 28.6 Å². The Kier molecular flexibility index (Phi) is 5.40. The number of amides is 1. The average Bonchev–Trinajstić information content (AvgIpc) is 3.19. The molecule has 3 rings (SSSR count). The molecule has 1 aromatic carbocycles. The van der Waals surface area contributed by atoms with E-state index in [1.807, 2.05) is 0 Å². The molecule has 8 heteroatoms. The van der Waals surface area contributed by atoms with Gasteiger partial charge in [-0.1, -0.05) is 25.1 Å². The normalized spacial score (nSPS) is 25.0. The van der Waals surface area contributed by atoms with E-state index in [0.717, 1.165) is 4.90 Å². The third kappa shape index (κ3) is 2.75. The van der Waals surface area contributed by atoms with E-state index < -0.39 is 47.2 Å². The minimum Gasteiger partial charge on any atom is -0.464 e. The van der Waals surface area contributed by atoms with E-state index in [0.29, 0.717) is 0 Å². The van der Waals surface area contributed by atoms with Crippen LogP contribution in [0, 0.1) is 11.8 Å². The molecule has 0 aromatic heterocycles. The number of hydrogen-bond acceptors (Lipinski definition) is 7. The Morgan fingerprint density at radius 3 is 2.21 bits per heavy atom. The van der Waals surface area contributed by atoms with Crippen LogP contribution in [0.2, 0.25) is 0 Å². The maximum atomic E-state index is 13.4. The smallest absolute Gasteiger partial charge is 0.344 e. The number of benzene rings is 1. The standard InChI is InChI=1S/C20H23NO7/c1-4-26-18(24)20(19(25)27-5-2)12(3)14-11-28-17(23)15(14)21(20)16(22)13-9-7-6-8-10-13/h6-10,12,14-15H,4-5,11H2,1-3H3/t12-,14-,15+/m1/s1. The first-order valence-electron chi connectivity index (χ1n) is 9.30. The Morgan fingerprint density at radius 2 is 1.68 bits per heavy atom. The predicted octanol–water partition coefficient (Wildman–Crippen LogP) is 1.19. The fraction of sp³-hybridized carbons (Fsp3) is 0.500. The van der Waals surface area contributed by atoms with E-state index in [1.165, 1.54) is 0 Å². The first-order valence-corrected chi connectivity index (χ1v) is 9.30. The van der Waals surface area contributed by atoms with Gasteiger partial charge in [0, 0.05) is 17.4 Å². The van der Waals surface area contributed by atoms with Crippen molar-refractivity contribution >= 4 is 23.8 Å². The van der Waals surface area contributed by atoms with Crippen molar-refractivity contribution in [2.45, 2.75) is 32.4 Å². The van der Waals surface area contributed by atoms with Gasteiger partial charge in [-0.3, -0.25) is 9.69 Å². The molecule has 1 aromatic rings. The molecule has 1 amide bonds. The quantitative estimate of drug-likeness (QED) is 0.424. The number of rotatable bonds is 5. The highest BCUT2D eigenvalue weighted by molar-refractivity contribution is 6.13. The summed E-state index contributed by atoms with van der Waals surface area (Å²) in [6.45, 7) is 4.90. The molecule has 8 nitrogen and oxygen atoms in total. The van der Waals surface area contributed by atoms with Crippen molar-refractivity contribution in [1.29, 1.82) is 0 Å². The molecular weight excluding hydrogens is 366 g/mol. The third-order valence-electron chi connectivity index (χ3n) is 5.44. The Balaban J connectivity index is 2.20. The maximum Gasteiger partial charge on any atom is 0.344 e. The van der Waals surface area contributed by atoms with E-state index in [4.69, 9.17) is 14.2 Å². The lowest BCUT2D eigenvalue weighted by Gasteiger charge is -2.38. The second-order valence-electron chi connectivity index (χ2n) is 6.78. The summed E-state index contributed by atoms with van der Waals surface area (Å²) in [5.74, 6) is -4.31. The highest BCUT2D eigenvalue weighted by Crippen LogP contribution is 2.48. The maximum absolute atomic E-state index is 13.4. The van der Waals surface area contributed by atoms with E-state index in [-0.39, 0.29) is 25.4 Å². The summed E-state index contributed by atoms with van der Waals surface area (Å²) in [7, 11) is 0. The largest absolute Gasteiger partial charge is 0.464 e. The zero-order valence-electron chi connectivity index (χ0n) is 16.0. The molecule has 28 heavy (non-hydrogen) atoms. The van der Waals surface area contributed by atoms with Gasteiger partial charge >= 0.3 is 17.9 Å². The van der Waals surface area contributed by atoms with Crippen LogP contribution in [0.15, 0.2) is 30.3 Å². The summed E-state index contributed by atoms with van der Waals surface area (Å²) in [4.78, 5) is 53.1. The van der Waals surface area contributed by atoms with Gasteiger partial charge in [-0.25, -0.2) is 14.4 Å². The average molecular weight is 389 g/mol. The van der Waals surface area contributed by atoms with Crippen molar-refractivity contribution in [3.8, 4) is 0 Å². The summed E-state index contributed by atoms with van der Waals surface area (Å²) in [5.41, 5.74) is -1.80. The van der Waals surface area contributed by atoms with Crippen molar-refractivity contribution < 1.29 is 33.4 Å². The van der Waals surface area contributed by atoms with Gasteiger partial charge in [0.05, 0.1) is 19.8 Å². The molecule has 2 saturated heterocycles. The van der Waals surface area contributed by atoms with Gasteiger partial charge in [-0.2, -0.15) is 0 Å². The van der Waals surface area contributed by atoms with Crippen LogP contribution < -0.4 is 0 Å². The lowest BCUT2D eigenvalue weighted by molar-refractivity contribution is -0.175. The Labute approximate surface area is 162 Å². The van der Waals surface area contributed by atoms with Crippen molar-refractivity contribution in [3.05, 3.63) is 35.9 Å². The summed E-state index contributed by atoms with van der Waals surface area (Å²) < 4.78 is 15.5. The third-order valence-corrected chi connectivity index (χ3v) is 5.44. The van der Waals surface area contributed by atoms with Crippen molar-refractivity contribution in [2.24, 2.45) is 11.8 Å². The molecule has 0 spiro atoms. The van der Waals surface area contributed by atoms with Gasteiger partial charge in [0.2, 0.25) is 5.54 Å². The number of ether oxygens (including phenoxy) is 3. The SMILES string of the molecule is CCOC(=O)C1(C(=O)OCC)[C@H](C)[C@H]2COC(=O)[C@H]2N1C(=O)c1ccccc1. The number of esters is 3. The zero-order chi connectivity index (χ0) is 20.5. The van der Waals surface area contributed by atoms with Crippen LogP contribution in [0.5, 0.6) is 0 Å². The minimum atomic E-state index is -2.05. The van der Waals surface area contributed by atoms with Crippen LogP contribution in [0.3, 0.4) is 0 Å². The molecule has 2 aliphatic rings. The lowest BCUT2D eigenvalue weighted by Crippen LogP contribution is -2.65. The number of hydrogen-bond donors (Lipinski definition) is 0. The highest BCUT2D eigenvalue weighted by Gasteiger charge is 2.72. The molecule has 2 fully saturated rings. The molecule has 150 valence electrons. The number of carbonyl (C=O) groups excluding carboxylic acids is 4. The topological polar surface area (TPSA) is 99.2 Å². The van der Waals surface area contributed by atoms with Gasteiger partial charge in [-0.05, 0) is 26.0 Å². The molecule has 2 aliphatic heterocycles. The van der Waals surface area contributed by atoms with Gasteiger partial charge in [0.15, 0.2) is 0 Å². The number of fused-ring (bicyclic) bond motifs is 1. The van der Waals surface area contributed by atoms with Crippen LogP contribution in [0.4, 0.5) is 0 Å². The van der Waals surface area contributed by atoms with Crippen LogP contribution >= 0.6 is 0 Å². The molecule has 2 heterocycles. The molecular formula is C20H23NO7. The van der Waals surface area contributed by atoms with Crippen molar-refractivity contribution in [1.82, 2.24) is 4.90 Å². The fourth-order valence-corrected chi connectivity index (χ4v) is 4.13. The van der Waals surface area contributed by atoms with Gasteiger partial charge < -0.3 is 14.2 Å². The fourth-order valence-electron chi connectivity index (χ4n) is 4.13. The number of cyclic esters (lactones) is 1. The van der Waals surface area contributed by atoms with Crippen LogP contribution in [0.1, 0.15) is 31.1 Å². The second kappa shape index (κ2) is 7.61. The Hall–Kier alpha value is -2.90. The van der Waals surface area contributed by atoms with Gasteiger partial charge in [0.1, 0.15) is 6.04 Å². The summed E-state index contributed by atoms with van der Waals surface area (Å²) in [6, 6.07) is 7.11. The lowest BCUT2D eigenvalue weighted by atomic mass is 9.80. The summed E-state index contributed by atoms with van der Waals surface area (Å²) >= 11 is 0. The molecule has 0 N–H and O–H groups in total. The zero-order valence-corrected chi connectivity index (χ0v) is 16.0. The molecule has 3 atom stereocenters. The number of likely N-dealkylation sites (tertiary alicyclic amines) is 1. The van der Waals surface area contributed by atoms with Gasteiger partial charge in [-0.15, -0.1) is 0 Å². The van der Waals surface area contributed by atoms with Crippen molar-refractivity contribution in [2.75, 3.05) is 19.8 Å². The second-order valence-corrected chi connectivity index (χ2v) is 6.78. The first-order chi connectivity index (χ1) is 13.4. The number of nitrogens with zero attached hydrogens (tertiary/aromatic N) is 1. The van der Waals surface area contributed by atoms with Crippen LogP contribution in [0.25, 0.3) is 0 Å².